The molecule has 16 heavy (non-hydrogen) atoms. The van der Waals surface area contributed by atoms with Crippen LogP contribution in [-0.4, -0.2) is 40.4 Å². The molecule has 0 bridgehead atoms. The van der Waals surface area contributed by atoms with Gasteiger partial charge in [-0.2, -0.15) is 0 Å². The van der Waals surface area contributed by atoms with Gasteiger partial charge >= 0.3 is 0 Å². The maximum absolute atomic E-state index is 11.5. The molecular weight excluding hydrogens is 210 g/mol. The molecule has 90 valence electrons. The van der Waals surface area contributed by atoms with Crippen LogP contribution in [0.3, 0.4) is 0 Å². The SMILES string of the molecule is COCCC(C)NC(=O)Cn1cnc(N)n1. The fraction of sp³-hybridized carbons (Fsp3) is 0.667. The van der Waals surface area contributed by atoms with Crippen molar-refractivity contribution in [3.8, 4) is 0 Å². The number of hydrogen-bond donors (Lipinski definition) is 2. The van der Waals surface area contributed by atoms with Crippen molar-refractivity contribution in [3.05, 3.63) is 6.33 Å². The van der Waals surface area contributed by atoms with E-state index in [-0.39, 0.29) is 24.4 Å². The van der Waals surface area contributed by atoms with Gasteiger partial charge in [-0.05, 0) is 13.3 Å². The first-order valence-corrected chi connectivity index (χ1v) is 5.05. The van der Waals surface area contributed by atoms with Crippen LogP contribution in [0.5, 0.6) is 0 Å². The minimum Gasteiger partial charge on any atom is -0.385 e. The number of nitrogens with two attached hydrogens (primary N) is 1. The quantitative estimate of drug-likeness (QED) is 0.676. The number of methoxy groups -OCH3 is 1. The smallest absolute Gasteiger partial charge is 0.242 e. The molecule has 1 rings (SSSR count). The number of carbonyl (C=O) groups excluding carboxylic acids is 1. The summed E-state index contributed by atoms with van der Waals surface area (Å²) in [4.78, 5) is 15.2. The highest BCUT2D eigenvalue weighted by Gasteiger charge is 2.08. The second-order valence-electron chi connectivity index (χ2n) is 3.55. The van der Waals surface area contributed by atoms with E-state index in [9.17, 15) is 4.79 Å². The van der Waals surface area contributed by atoms with Gasteiger partial charge in [-0.1, -0.05) is 0 Å². The number of ether oxygens (including phenoxy) is 1. The average Bonchev–Trinajstić information content (AvgIpc) is 2.60. The lowest BCUT2D eigenvalue weighted by molar-refractivity contribution is -0.122. The van der Waals surface area contributed by atoms with Gasteiger partial charge in [0.05, 0.1) is 0 Å². The third kappa shape index (κ3) is 4.26. The molecule has 0 saturated carbocycles. The first-order valence-electron chi connectivity index (χ1n) is 5.05. The molecular formula is C9H17N5O2. The van der Waals surface area contributed by atoms with Crippen LogP contribution in [0, 0.1) is 0 Å². The summed E-state index contributed by atoms with van der Waals surface area (Å²) >= 11 is 0. The van der Waals surface area contributed by atoms with Crippen LogP contribution >= 0.6 is 0 Å². The second-order valence-corrected chi connectivity index (χ2v) is 3.55. The third-order valence-electron chi connectivity index (χ3n) is 2.02. The van der Waals surface area contributed by atoms with E-state index in [1.807, 2.05) is 6.92 Å². The van der Waals surface area contributed by atoms with Gasteiger partial charge < -0.3 is 15.8 Å². The monoisotopic (exact) mass is 227 g/mol. The summed E-state index contributed by atoms with van der Waals surface area (Å²) in [5.41, 5.74) is 5.33. The van der Waals surface area contributed by atoms with Crippen molar-refractivity contribution >= 4 is 11.9 Å². The van der Waals surface area contributed by atoms with Crippen LogP contribution in [0.15, 0.2) is 6.33 Å². The van der Waals surface area contributed by atoms with Crippen molar-refractivity contribution in [2.45, 2.75) is 25.9 Å². The molecule has 1 heterocycles. The fourth-order valence-corrected chi connectivity index (χ4v) is 1.22. The molecule has 1 unspecified atom stereocenters. The first kappa shape index (κ1) is 12.4. The summed E-state index contributed by atoms with van der Waals surface area (Å²) in [5, 5.41) is 6.64. The molecule has 0 saturated heterocycles. The zero-order valence-electron chi connectivity index (χ0n) is 9.51. The molecule has 1 aromatic rings. The van der Waals surface area contributed by atoms with E-state index in [1.54, 1.807) is 7.11 Å². The second kappa shape index (κ2) is 6.06. The Morgan fingerprint density at radius 2 is 2.50 bits per heavy atom. The van der Waals surface area contributed by atoms with Gasteiger partial charge in [0.25, 0.3) is 0 Å². The van der Waals surface area contributed by atoms with E-state index in [0.717, 1.165) is 6.42 Å². The lowest BCUT2D eigenvalue weighted by Crippen LogP contribution is -2.35. The Balaban J connectivity index is 2.30. The molecule has 0 aliphatic heterocycles. The molecule has 0 aliphatic carbocycles. The molecule has 1 amide bonds. The lowest BCUT2D eigenvalue weighted by atomic mass is 10.2. The van der Waals surface area contributed by atoms with Crippen molar-refractivity contribution < 1.29 is 9.53 Å². The number of nitrogens with one attached hydrogen (secondary N) is 1. The minimum atomic E-state index is -0.117. The van der Waals surface area contributed by atoms with Crippen LogP contribution < -0.4 is 11.1 Å². The molecule has 0 radical (unpaired) electrons. The van der Waals surface area contributed by atoms with E-state index >= 15 is 0 Å². The zero-order valence-corrected chi connectivity index (χ0v) is 9.51. The molecule has 7 heteroatoms. The van der Waals surface area contributed by atoms with Crippen LogP contribution in [0.4, 0.5) is 5.95 Å². The van der Waals surface area contributed by atoms with Crippen LogP contribution in [0.2, 0.25) is 0 Å². The van der Waals surface area contributed by atoms with Gasteiger partial charge in [0, 0.05) is 19.8 Å². The van der Waals surface area contributed by atoms with Gasteiger partial charge in [-0.25, -0.2) is 9.67 Å². The van der Waals surface area contributed by atoms with E-state index in [2.05, 4.69) is 15.4 Å². The van der Waals surface area contributed by atoms with Crippen LogP contribution in [0.1, 0.15) is 13.3 Å². The van der Waals surface area contributed by atoms with Gasteiger partial charge in [-0.15, -0.1) is 5.10 Å². The standard InChI is InChI=1S/C9H17N5O2/c1-7(3-4-16-2)12-8(15)5-14-6-11-9(10)13-14/h6-7H,3-5H2,1-2H3,(H2,10,13)(H,12,15). The summed E-state index contributed by atoms with van der Waals surface area (Å²) in [6.07, 6.45) is 2.20. The molecule has 7 nitrogen and oxygen atoms in total. The Labute approximate surface area is 94.0 Å². The Morgan fingerprint density at radius 3 is 3.06 bits per heavy atom. The molecule has 0 aliphatic rings. The average molecular weight is 227 g/mol. The van der Waals surface area contributed by atoms with Gasteiger partial charge in [0.1, 0.15) is 12.9 Å². The molecule has 0 fully saturated rings. The summed E-state index contributed by atoms with van der Waals surface area (Å²) in [7, 11) is 1.63. The number of carbonyl (C=O) groups is 1. The van der Waals surface area contributed by atoms with Crippen molar-refractivity contribution in [1.82, 2.24) is 20.1 Å². The molecule has 1 aromatic heterocycles. The molecule has 0 spiro atoms. The summed E-state index contributed by atoms with van der Waals surface area (Å²) < 4.78 is 6.32. The summed E-state index contributed by atoms with van der Waals surface area (Å²) in [6.45, 7) is 2.67. The Kier molecular flexibility index (Phi) is 4.71. The zero-order chi connectivity index (χ0) is 12.0. The first-order chi connectivity index (χ1) is 7.61. The number of rotatable bonds is 6. The predicted molar refractivity (Wildman–Crippen MR) is 58.5 cm³/mol. The fourth-order valence-electron chi connectivity index (χ4n) is 1.22. The molecule has 0 aromatic carbocycles. The van der Waals surface area contributed by atoms with Crippen molar-refractivity contribution in [2.75, 3.05) is 19.5 Å². The Hall–Kier alpha value is -1.63. The Bertz CT molecular complexity index is 338. The molecule has 3 N–H and O–H groups in total. The van der Waals surface area contributed by atoms with Gasteiger partial charge in [-0.3, -0.25) is 4.79 Å². The third-order valence-corrected chi connectivity index (χ3v) is 2.02. The maximum atomic E-state index is 11.5. The number of nitrogen functional groups attached to an aromatic ring is 1. The number of nitrogens with zero attached hydrogens (tertiary/aromatic N) is 3. The van der Waals surface area contributed by atoms with Crippen LogP contribution in [-0.2, 0) is 16.1 Å². The predicted octanol–water partition coefficient (Wildman–Crippen LogP) is -0.598. The van der Waals surface area contributed by atoms with Crippen molar-refractivity contribution in [1.29, 1.82) is 0 Å². The maximum Gasteiger partial charge on any atom is 0.242 e. The number of anilines is 1. The van der Waals surface area contributed by atoms with Gasteiger partial charge in [0.2, 0.25) is 11.9 Å². The van der Waals surface area contributed by atoms with Gasteiger partial charge in [0.15, 0.2) is 0 Å². The van der Waals surface area contributed by atoms with Crippen molar-refractivity contribution in [2.24, 2.45) is 0 Å². The largest absolute Gasteiger partial charge is 0.385 e. The topological polar surface area (TPSA) is 95.1 Å². The highest BCUT2D eigenvalue weighted by Crippen LogP contribution is 1.93. The highest BCUT2D eigenvalue weighted by molar-refractivity contribution is 5.75. The van der Waals surface area contributed by atoms with Crippen LogP contribution in [0.25, 0.3) is 0 Å². The lowest BCUT2D eigenvalue weighted by Gasteiger charge is -2.12. The summed E-state index contributed by atoms with van der Waals surface area (Å²) in [6, 6.07) is 0.0771. The highest BCUT2D eigenvalue weighted by atomic mass is 16.5. The normalized spacial score (nSPS) is 12.4. The minimum absolute atomic E-state index is 0.0771. The van der Waals surface area contributed by atoms with E-state index in [1.165, 1.54) is 11.0 Å². The Morgan fingerprint density at radius 1 is 1.75 bits per heavy atom. The number of amides is 1. The van der Waals surface area contributed by atoms with E-state index < -0.39 is 0 Å². The number of aromatic nitrogens is 3. The van der Waals surface area contributed by atoms with E-state index in [4.69, 9.17) is 10.5 Å². The van der Waals surface area contributed by atoms with Crippen molar-refractivity contribution in [3.63, 3.8) is 0 Å². The number of hydrogen-bond acceptors (Lipinski definition) is 5. The molecule has 1 atom stereocenters. The van der Waals surface area contributed by atoms with E-state index in [0.29, 0.717) is 6.61 Å². The summed E-state index contributed by atoms with van der Waals surface area (Å²) in [5.74, 6) is 0.0498.